The van der Waals surface area contributed by atoms with E-state index in [9.17, 15) is 14.9 Å². The van der Waals surface area contributed by atoms with Gasteiger partial charge in [-0.25, -0.2) is 5.43 Å². The number of nitro benzene ring substituents is 1. The number of nitrogens with zero attached hydrogens (tertiary/aromatic N) is 2. The predicted molar refractivity (Wildman–Crippen MR) is 72.9 cm³/mol. The van der Waals surface area contributed by atoms with Crippen LogP contribution in [0.3, 0.4) is 0 Å². The van der Waals surface area contributed by atoms with E-state index in [4.69, 9.17) is 0 Å². The zero-order chi connectivity index (χ0) is 14.4. The molecule has 6 nitrogen and oxygen atoms in total. The van der Waals surface area contributed by atoms with Crippen LogP contribution in [0.2, 0.25) is 0 Å². The minimum absolute atomic E-state index is 0.0119. The minimum atomic E-state index is -0.472. The molecule has 0 saturated carbocycles. The lowest BCUT2D eigenvalue weighted by Crippen LogP contribution is -2.22. The molecule has 6 heteroatoms. The van der Waals surface area contributed by atoms with Crippen molar-refractivity contribution in [1.29, 1.82) is 0 Å². The van der Waals surface area contributed by atoms with Gasteiger partial charge in [-0.05, 0) is 18.4 Å². The fourth-order valence-electron chi connectivity index (χ4n) is 1.24. The Balaban J connectivity index is 2.58. The summed E-state index contributed by atoms with van der Waals surface area (Å²) in [7, 11) is 0. The van der Waals surface area contributed by atoms with Crippen LogP contribution in [0.15, 0.2) is 29.4 Å². The van der Waals surface area contributed by atoms with Gasteiger partial charge in [-0.2, -0.15) is 5.10 Å². The zero-order valence-electron chi connectivity index (χ0n) is 11.2. The number of carbonyl (C=O) groups excluding carboxylic acids is 1. The molecule has 0 aliphatic heterocycles. The minimum Gasteiger partial charge on any atom is -0.273 e. The molecule has 0 radical (unpaired) electrons. The number of non-ortho nitro benzene ring substituents is 1. The highest BCUT2D eigenvalue weighted by molar-refractivity contribution is 5.86. The molecule has 0 aliphatic carbocycles. The second-order valence-electron chi connectivity index (χ2n) is 4.54. The molecule has 19 heavy (non-hydrogen) atoms. The van der Waals surface area contributed by atoms with E-state index in [1.165, 1.54) is 12.1 Å². The first-order valence-electron chi connectivity index (χ1n) is 5.96. The summed E-state index contributed by atoms with van der Waals surface area (Å²) in [4.78, 5) is 21.6. The second-order valence-corrected chi connectivity index (χ2v) is 4.54. The number of rotatable bonds is 5. The van der Waals surface area contributed by atoms with E-state index in [1.807, 2.05) is 20.8 Å². The summed E-state index contributed by atoms with van der Waals surface area (Å²) in [6.45, 7) is 5.82. The van der Waals surface area contributed by atoms with E-state index in [0.29, 0.717) is 5.56 Å². The molecule has 1 aromatic carbocycles. The molecule has 0 saturated heterocycles. The van der Waals surface area contributed by atoms with Crippen molar-refractivity contribution in [1.82, 2.24) is 5.43 Å². The maximum atomic E-state index is 11.6. The van der Waals surface area contributed by atoms with Crippen LogP contribution in [-0.2, 0) is 11.2 Å². The highest BCUT2D eigenvalue weighted by Gasteiger charge is 2.07. The number of nitro groups is 1. The van der Waals surface area contributed by atoms with Crippen LogP contribution in [0.4, 0.5) is 5.69 Å². The Labute approximate surface area is 111 Å². The fourth-order valence-corrected chi connectivity index (χ4v) is 1.24. The first kappa shape index (κ1) is 14.8. The monoisotopic (exact) mass is 263 g/mol. The van der Waals surface area contributed by atoms with Crippen LogP contribution in [0.25, 0.3) is 0 Å². The van der Waals surface area contributed by atoms with Crippen LogP contribution >= 0.6 is 0 Å². The van der Waals surface area contributed by atoms with Gasteiger partial charge in [0.15, 0.2) is 0 Å². The lowest BCUT2D eigenvalue weighted by molar-refractivity contribution is -0.384. The summed E-state index contributed by atoms with van der Waals surface area (Å²) in [6.07, 6.45) is 0.146. The topological polar surface area (TPSA) is 84.6 Å². The van der Waals surface area contributed by atoms with Crippen LogP contribution in [0.5, 0.6) is 0 Å². The average molecular weight is 263 g/mol. The maximum Gasteiger partial charge on any atom is 0.269 e. The van der Waals surface area contributed by atoms with Gasteiger partial charge in [0, 0.05) is 17.8 Å². The molecule has 0 spiro atoms. The van der Waals surface area contributed by atoms with E-state index in [-0.39, 0.29) is 23.9 Å². The van der Waals surface area contributed by atoms with Gasteiger partial charge in [-0.1, -0.05) is 26.0 Å². The molecule has 102 valence electrons. The molecule has 0 atom stereocenters. The average Bonchev–Trinajstić information content (AvgIpc) is 2.36. The summed E-state index contributed by atoms with van der Waals surface area (Å²) in [5, 5.41) is 14.5. The van der Waals surface area contributed by atoms with Gasteiger partial charge in [0.25, 0.3) is 5.69 Å². The Morgan fingerprint density at radius 1 is 1.37 bits per heavy atom. The van der Waals surface area contributed by atoms with E-state index < -0.39 is 4.92 Å². The quantitative estimate of drug-likeness (QED) is 0.502. The third-order valence-electron chi connectivity index (χ3n) is 2.70. The molecule has 0 fully saturated rings. The largest absolute Gasteiger partial charge is 0.273 e. The van der Waals surface area contributed by atoms with E-state index in [2.05, 4.69) is 10.5 Å². The standard InChI is InChI=1S/C13H17N3O3/c1-9(2)10(3)14-15-13(17)8-11-4-6-12(7-5-11)16(18)19/h4-7,9H,8H2,1-3H3,(H,15,17). The Kier molecular flexibility index (Phi) is 5.17. The highest BCUT2D eigenvalue weighted by atomic mass is 16.6. The summed E-state index contributed by atoms with van der Waals surface area (Å²) >= 11 is 0. The van der Waals surface area contributed by atoms with E-state index in [1.54, 1.807) is 12.1 Å². The summed E-state index contributed by atoms with van der Waals surface area (Å²) in [5.74, 6) is 0.0357. The van der Waals surface area contributed by atoms with Crippen molar-refractivity contribution in [3.8, 4) is 0 Å². The Bertz CT molecular complexity index is 492. The van der Waals surface area contributed by atoms with Crippen molar-refractivity contribution >= 4 is 17.3 Å². The van der Waals surface area contributed by atoms with Gasteiger partial charge in [-0.3, -0.25) is 14.9 Å². The number of benzene rings is 1. The summed E-state index contributed by atoms with van der Waals surface area (Å²) < 4.78 is 0. The maximum absolute atomic E-state index is 11.6. The highest BCUT2D eigenvalue weighted by Crippen LogP contribution is 2.12. The van der Waals surface area contributed by atoms with Crippen molar-refractivity contribution in [2.75, 3.05) is 0 Å². The first-order valence-corrected chi connectivity index (χ1v) is 5.96. The Morgan fingerprint density at radius 2 is 1.95 bits per heavy atom. The van der Waals surface area contributed by atoms with E-state index >= 15 is 0 Å². The molecule has 0 unspecified atom stereocenters. The van der Waals surface area contributed by atoms with Crippen molar-refractivity contribution in [2.45, 2.75) is 27.2 Å². The van der Waals surface area contributed by atoms with Gasteiger partial charge < -0.3 is 0 Å². The zero-order valence-corrected chi connectivity index (χ0v) is 11.2. The first-order chi connectivity index (χ1) is 8.90. The lowest BCUT2D eigenvalue weighted by Gasteiger charge is -2.05. The SMILES string of the molecule is CC(=NNC(=O)Cc1ccc([N+](=O)[O-])cc1)C(C)C. The summed E-state index contributed by atoms with van der Waals surface area (Å²) in [5.41, 5.74) is 4.03. The van der Waals surface area contributed by atoms with Crippen LogP contribution in [0.1, 0.15) is 26.3 Å². The van der Waals surface area contributed by atoms with Crippen LogP contribution < -0.4 is 5.43 Å². The van der Waals surface area contributed by atoms with E-state index in [0.717, 1.165) is 5.71 Å². The third-order valence-corrected chi connectivity index (χ3v) is 2.70. The number of hydrogen-bond acceptors (Lipinski definition) is 4. The number of hydrazone groups is 1. The molecule has 1 rings (SSSR count). The lowest BCUT2D eigenvalue weighted by atomic mass is 10.1. The predicted octanol–water partition coefficient (Wildman–Crippen LogP) is 2.29. The van der Waals surface area contributed by atoms with Crippen molar-refractivity contribution in [3.63, 3.8) is 0 Å². The third kappa shape index (κ3) is 4.87. The van der Waals surface area contributed by atoms with Gasteiger partial charge in [0.05, 0.1) is 11.3 Å². The van der Waals surface area contributed by atoms with Crippen molar-refractivity contribution in [3.05, 3.63) is 39.9 Å². The molecule has 0 heterocycles. The van der Waals surface area contributed by atoms with Gasteiger partial charge in [0.1, 0.15) is 0 Å². The molecule has 0 bridgehead atoms. The Hall–Kier alpha value is -2.24. The van der Waals surface area contributed by atoms with Gasteiger partial charge in [-0.15, -0.1) is 0 Å². The van der Waals surface area contributed by atoms with Crippen molar-refractivity contribution in [2.24, 2.45) is 11.0 Å². The molecular formula is C13H17N3O3. The normalized spacial score (nSPS) is 11.5. The number of carbonyl (C=O) groups is 1. The van der Waals surface area contributed by atoms with Gasteiger partial charge >= 0.3 is 0 Å². The Morgan fingerprint density at radius 3 is 2.42 bits per heavy atom. The molecule has 1 N–H and O–H groups in total. The number of hydrogen-bond donors (Lipinski definition) is 1. The van der Waals surface area contributed by atoms with Crippen LogP contribution in [0, 0.1) is 16.0 Å². The summed E-state index contributed by atoms with van der Waals surface area (Å²) in [6, 6.07) is 5.89. The smallest absolute Gasteiger partial charge is 0.269 e. The molecule has 0 aliphatic rings. The fraction of sp³-hybridized carbons (Fsp3) is 0.385. The number of nitrogens with one attached hydrogen (secondary N) is 1. The molecule has 1 aromatic rings. The van der Waals surface area contributed by atoms with Crippen LogP contribution in [-0.4, -0.2) is 16.5 Å². The second kappa shape index (κ2) is 6.63. The molecule has 0 aromatic heterocycles. The van der Waals surface area contributed by atoms with Crippen molar-refractivity contribution < 1.29 is 9.72 Å². The molecular weight excluding hydrogens is 246 g/mol. The van der Waals surface area contributed by atoms with Gasteiger partial charge in [0.2, 0.25) is 5.91 Å². The number of amides is 1. The molecule has 1 amide bonds.